The smallest absolute Gasteiger partial charge is 0.372 e. The maximum atomic E-state index is 11.9. The van der Waals surface area contributed by atoms with Gasteiger partial charge in [0.15, 0.2) is 0 Å². The molecular formula is C11H19F3N4O. The first kappa shape index (κ1) is 15.9. The van der Waals surface area contributed by atoms with E-state index in [-0.39, 0.29) is 25.1 Å². The van der Waals surface area contributed by atoms with Crippen LogP contribution in [-0.4, -0.2) is 34.2 Å². The Balaban J connectivity index is 2.67. The van der Waals surface area contributed by atoms with Gasteiger partial charge >= 0.3 is 6.18 Å². The van der Waals surface area contributed by atoms with E-state index in [0.717, 1.165) is 0 Å². The fourth-order valence-electron chi connectivity index (χ4n) is 1.77. The number of nitrogens with two attached hydrogens (primary N) is 1. The maximum Gasteiger partial charge on any atom is 0.411 e. The van der Waals surface area contributed by atoms with Gasteiger partial charge in [0.25, 0.3) is 0 Å². The first-order valence-electron chi connectivity index (χ1n) is 5.93. The van der Waals surface area contributed by atoms with Crippen LogP contribution in [-0.2, 0) is 23.2 Å². The summed E-state index contributed by atoms with van der Waals surface area (Å²) in [4.78, 5) is 0. The molecule has 1 aromatic heterocycles. The van der Waals surface area contributed by atoms with Gasteiger partial charge in [0.1, 0.15) is 18.3 Å². The molecule has 0 aliphatic rings. The molecule has 0 saturated carbocycles. The molecule has 0 unspecified atom stereocenters. The second-order valence-electron chi connectivity index (χ2n) is 5.16. The van der Waals surface area contributed by atoms with Crippen LogP contribution >= 0.6 is 0 Å². The van der Waals surface area contributed by atoms with E-state index in [1.54, 1.807) is 0 Å². The lowest BCUT2D eigenvalue weighted by Gasteiger charge is -2.24. The van der Waals surface area contributed by atoms with Crippen LogP contribution in [0.5, 0.6) is 0 Å². The molecule has 0 fully saturated rings. The van der Waals surface area contributed by atoms with E-state index in [9.17, 15) is 13.2 Å². The van der Waals surface area contributed by atoms with Gasteiger partial charge in [0.2, 0.25) is 0 Å². The monoisotopic (exact) mass is 280 g/mol. The summed E-state index contributed by atoms with van der Waals surface area (Å²) >= 11 is 0. The molecule has 0 bridgehead atoms. The normalized spacial score (nSPS) is 13.0. The lowest BCUT2D eigenvalue weighted by atomic mass is 10.1. The van der Waals surface area contributed by atoms with Crippen LogP contribution in [0.2, 0.25) is 0 Å². The molecular weight excluding hydrogens is 261 g/mol. The fraction of sp³-hybridized carbons (Fsp3) is 0.818. The Hall–Kier alpha value is -1.15. The summed E-state index contributed by atoms with van der Waals surface area (Å²) in [6, 6.07) is 0. The van der Waals surface area contributed by atoms with Crippen LogP contribution in [0, 0.1) is 0 Å². The lowest BCUT2D eigenvalue weighted by molar-refractivity contribution is -0.173. The van der Waals surface area contributed by atoms with E-state index < -0.39 is 12.8 Å². The van der Waals surface area contributed by atoms with Crippen molar-refractivity contribution in [1.29, 1.82) is 0 Å². The third kappa shape index (κ3) is 4.79. The molecule has 2 N–H and O–H groups in total. The van der Waals surface area contributed by atoms with E-state index in [0.29, 0.717) is 11.6 Å². The third-order valence-electron chi connectivity index (χ3n) is 2.39. The zero-order chi connectivity index (χ0) is 14.7. The Labute approximate surface area is 109 Å². The van der Waals surface area contributed by atoms with Crippen molar-refractivity contribution >= 4 is 0 Å². The second kappa shape index (κ2) is 5.87. The number of aromatic nitrogens is 3. The minimum absolute atomic E-state index is 0.0572. The summed E-state index contributed by atoms with van der Waals surface area (Å²) in [7, 11) is 0. The topological polar surface area (TPSA) is 66.0 Å². The van der Waals surface area contributed by atoms with E-state index in [4.69, 9.17) is 5.73 Å². The maximum absolute atomic E-state index is 11.9. The molecule has 0 aliphatic carbocycles. The summed E-state index contributed by atoms with van der Waals surface area (Å²) in [5, 5.41) is 7.90. The van der Waals surface area contributed by atoms with E-state index >= 15 is 0 Å². The van der Waals surface area contributed by atoms with Crippen LogP contribution < -0.4 is 5.73 Å². The highest BCUT2D eigenvalue weighted by Crippen LogP contribution is 2.19. The van der Waals surface area contributed by atoms with Crippen molar-refractivity contribution in [2.75, 3.05) is 13.2 Å². The van der Waals surface area contributed by atoms with Crippen molar-refractivity contribution in [1.82, 2.24) is 14.8 Å². The van der Waals surface area contributed by atoms with Gasteiger partial charge in [-0.2, -0.15) is 13.2 Å². The molecule has 19 heavy (non-hydrogen) atoms. The molecule has 1 rings (SSSR count). The molecule has 0 atom stereocenters. The number of ether oxygens (including phenoxy) is 1. The molecule has 1 aromatic rings. The lowest BCUT2D eigenvalue weighted by Crippen LogP contribution is -2.28. The van der Waals surface area contributed by atoms with Crippen LogP contribution in [0.1, 0.15) is 32.4 Å². The highest BCUT2D eigenvalue weighted by Gasteiger charge is 2.27. The van der Waals surface area contributed by atoms with Crippen LogP contribution in [0.15, 0.2) is 0 Å². The summed E-state index contributed by atoms with van der Waals surface area (Å²) in [5.74, 6) is 1.19. The molecule has 0 spiro atoms. The molecule has 110 valence electrons. The van der Waals surface area contributed by atoms with E-state index in [2.05, 4.69) is 14.9 Å². The van der Waals surface area contributed by atoms with Gasteiger partial charge in [-0.05, 0) is 20.8 Å². The number of hydrogen-bond donors (Lipinski definition) is 1. The average molecular weight is 280 g/mol. The summed E-state index contributed by atoms with van der Waals surface area (Å²) < 4.78 is 42.2. The van der Waals surface area contributed by atoms with Crippen molar-refractivity contribution in [3.05, 3.63) is 11.6 Å². The predicted octanol–water partition coefficient (Wildman–Crippen LogP) is 1.61. The molecule has 0 aliphatic heterocycles. The van der Waals surface area contributed by atoms with Crippen molar-refractivity contribution in [3.8, 4) is 0 Å². The second-order valence-corrected chi connectivity index (χ2v) is 5.16. The minimum atomic E-state index is -4.31. The van der Waals surface area contributed by atoms with Gasteiger partial charge in [-0.1, -0.05) is 0 Å². The number of nitrogens with zero attached hydrogens (tertiary/aromatic N) is 3. The molecule has 0 aromatic carbocycles. The van der Waals surface area contributed by atoms with Crippen LogP contribution in [0.25, 0.3) is 0 Å². The Morgan fingerprint density at radius 2 is 1.74 bits per heavy atom. The number of hydrogen-bond acceptors (Lipinski definition) is 4. The van der Waals surface area contributed by atoms with Gasteiger partial charge in [-0.15, -0.1) is 10.2 Å². The van der Waals surface area contributed by atoms with Gasteiger partial charge in [0.05, 0.1) is 13.2 Å². The highest BCUT2D eigenvalue weighted by atomic mass is 19.4. The predicted molar refractivity (Wildman–Crippen MR) is 63.5 cm³/mol. The van der Waals surface area contributed by atoms with E-state index in [1.807, 2.05) is 25.3 Å². The van der Waals surface area contributed by atoms with Crippen molar-refractivity contribution in [2.45, 2.75) is 45.5 Å². The van der Waals surface area contributed by atoms with Gasteiger partial charge in [0, 0.05) is 12.0 Å². The summed E-state index contributed by atoms with van der Waals surface area (Å²) in [6.07, 6.45) is -4.04. The van der Waals surface area contributed by atoms with Gasteiger partial charge < -0.3 is 15.0 Å². The molecule has 0 saturated heterocycles. The van der Waals surface area contributed by atoms with Crippen molar-refractivity contribution < 1.29 is 17.9 Å². The SMILES string of the molecule is CC(C)(C)n1c(CN)nnc1CCOCC(F)(F)F. The Morgan fingerprint density at radius 3 is 2.21 bits per heavy atom. The molecule has 0 radical (unpaired) electrons. The standard InChI is InChI=1S/C11H19F3N4O/c1-10(2,3)18-8(16-17-9(18)6-15)4-5-19-7-11(12,13)14/h4-7,15H2,1-3H3. The Kier molecular flexibility index (Phi) is 4.92. The summed E-state index contributed by atoms with van der Waals surface area (Å²) in [6.45, 7) is 4.78. The highest BCUT2D eigenvalue weighted by molar-refractivity contribution is 5.01. The minimum Gasteiger partial charge on any atom is -0.372 e. The first-order chi connectivity index (χ1) is 8.65. The first-order valence-corrected chi connectivity index (χ1v) is 5.93. The number of halogens is 3. The van der Waals surface area contributed by atoms with E-state index in [1.165, 1.54) is 0 Å². The summed E-state index contributed by atoms with van der Waals surface area (Å²) in [5.41, 5.74) is 5.29. The quantitative estimate of drug-likeness (QED) is 0.832. The van der Waals surface area contributed by atoms with Crippen LogP contribution in [0.4, 0.5) is 13.2 Å². The van der Waals surface area contributed by atoms with Crippen molar-refractivity contribution in [2.24, 2.45) is 5.73 Å². The number of rotatable bonds is 5. The largest absolute Gasteiger partial charge is 0.411 e. The van der Waals surface area contributed by atoms with Crippen molar-refractivity contribution in [3.63, 3.8) is 0 Å². The third-order valence-corrected chi connectivity index (χ3v) is 2.39. The zero-order valence-electron chi connectivity index (χ0n) is 11.3. The average Bonchev–Trinajstić information content (AvgIpc) is 2.65. The molecule has 8 heteroatoms. The molecule has 0 amide bonds. The zero-order valence-corrected chi connectivity index (χ0v) is 11.3. The van der Waals surface area contributed by atoms with Gasteiger partial charge in [-0.25, -0.2) is 0 Å². The fourth-order valence-corrected chi connectivity index (χ4v) is 1.77. The molecule has 1 heterocycles. The van der Waals surface area contributed by atoms with Crippen LogP contribution in [0.3, 0.4) is 0 Å². The Bertz CT molecular complexity index is 409. The molecule has 5 nitrogen and oxygen atoms in total. The van der Waals surface area contributed by atoms with Gasteiger partial charge in [-0.3, -0.25) is 0 Å². The number of alkyl halides is 3. The Morgan fingerprint density at radius 1 is 1.16 bits per heavy atom.